The standard InChI is InChI=1S/C21H26N4OS/c1-6-11-25-15(3)12-18(16(25)4)19(26)13-27-21-23-22-20(24(21)5)17-10-8-7-9-14(17)2/h7-10,12H,6,11,13H2,1-5H3. The van der Waals surface area contributed by atoms with E-state index in [0.717, 1.165) is 52.0 Å². The highest BCUT2D eigenvalue weighted by molar-refractivity contribution is 7.99. The summed E-state index contributed by atoms with van der Waals surface area (Å²) in [7, 11) is 1.95. The number of hydrogen-bond donors (Lipinski definition) is 0. The van der Waals surface area contributed by atoms with E-state index in [0.29, 0.717) is 5.75 Å². The van der Waals surface area contributed by atoms with Gasteiger partial charge in [0.1, 0.15) is 0 Å². The molecule has 0 N–H and O–H groups in total. The van der Waals surface area contributed by atoms with E-state index >= 15 is 0 Å². The van der Waals surface area contributed by atoms with Gasteiger partial charge in [0, 0.05) is 36.1 Å². The summed E-state index contributed by atoms with van der Waals surface area (Å²) in [6.07, 6.45) is 1.05. The topological polar surface area (TPSA) is 52.7 Å². The van der Waals surface area contributed by atoms with Crippen molar-refractivity contribution in [3.8, 4) is 11.4 Å². The Morgan fingerprint density at radius 3 is 2.59 bits per heavy atom. The second kappa shape index (κ2) is 8.13. The molecule has 0 fully saturated rings. The third-order valence-corrected chi connectivity index (χ3v) is 5.89. The largest absolute Gasteiger partial charge is 0.348 e. The number of benzene rings is 1. The summed E-state index contributed by atoms with van der Waals surface area (Å²) in [4.78, 5) is 12.8. The SMILES string of the molecule is CCCn1c(C)cc(C(=O)CSc2nnc(-c3ccccc3C)n2C)c1C. The molecule has 0 aliphatic carbocycles. The molecule has 0 atom stereocenters. The van der Waals surface area contributed by atoms with Gasteiger partial charge in [-0.2, -0.15) is 0 Å². The molecular weight excluding hydrogens is 356 g/mol. The highest BCUT2D eigenvalue weighted by Gasteiger charge is 2.18. The maximum atomic E-state index is 12.8. The van der Waals surface area contributed by atoms with Gasteiger partial charge in [0.25, 0.3) is 0 Å². The lowest BCUT2D eigenvalue weighted by Gasteiger charge is -2.08. The normalized spacial score (nSPS) is 11.1. The zero-order chi connectivity index (χ0) is 19.6. The fraction of sp³-hybridized carbons (Fsp3) is 0.381. The first-order valence-electron chi connectivity index (χ1n) is 9.22. The molecule has 3 aromatic rings. The lowest BCUT2D eigenvalue weighted by atomic mass is 10.1. The molecule has 6 heteroatoms. The van der Waals surface area contributed by atoms with Crippen LogP contribution in [0.4, 0.5) is 0 Å². The van der Waals surface area contributed by atoms with Crippen LogP contribution in [-0.4, -0.2) is 30.9 Å². The summed E-state index contributed by atoms with van der Waals surface area (Å²) >= 11 is 1.44. The van der Waals surface area contributed by atoms with E-state index in [-0.39, 0.29) is 5.78 Å². The second-order valence-electron chi connectivity index (χ2n) is 6.83. The smallest absolute Gasteiger partial charge is 0.191 e. The monoisotopic (exact) mass is 382 g/mol. The Kier molecular flexibility index (Phi) is 5.85. The highest BCUT2D eigenvalue weighted by Crippen LogP contribution is 2.26. The summed E-state index contributed by atoms with van der Waals surface area (Å²) < 4.78 is 4.18. The Bertz CT molecular complexity index is 971. The molecule has 1 aromatic carbocycles. The lowest BCUT2D eigenvalue weighted by Crippen LogP contribution is -2.07. The predicted octanol–water partition coefficient (Wildman–Crippen LogP) is 4.59. The number of thioether (sulfide) groups is 1. The van der Waals surface area contributed by atoms with Crippen LogP contribution < -0.4 is 0 Å². The number of aryl methyl sites for hydroxylation is 2. The molecule has 0 aliphatic rings. The van der Waals surface area contributed by atoms with Crippen LogP contribution in [0, 0.1) is 20.8 Å². The van der Waals surface area contributed by atoms with E-state index in [1.54, 1.807) is 0 Å². The number of ketones is 1. The van der Waals surface area contributed by atoms with E-state index in [1.165, 1.54) is 11.8 Å². The van der Waals surface area contributed by atoms with E-state index < -0.39 is 0 Å². The van der Waals surface area contributed by atoms with Gasteiger partial charge in [-0.1, -0.05) is 43.0 Å². The van der Waals surface area contributed by atoms with Crippen LogP contribution >= 0.6 is 11.8 Å². The van der Waals surface area contributed by atoms with Gasteiger partial charge in [0.15, 0.2) is 16.8 Å². The van der Waals surface area contributed by atoms with Crippen molar-refractivity contribution in [3.05, 3.63) is 52.8 Å². The first-order valence-corrected chi connectivity index (χ1v) is 10.2. The summed E-state index contributed by atoms with van der Waals surface area (Å²) in [6, 6.07) is 10.1. The van der Waals surface area contributed by atoms with Crippen molar-refractivity contribution in [2.75, 3.05) is 5.75 Å². The maximum Gasteiger partial charge on any atom is 0.191 e. The van der Waals surface area contributed by atoms with Gasteiger partial charge in [-0.15, -0.1) is 10.2 Å². The van der Waals surface area contributed by atoms with Crippen LogP contribution in [0.15, 0.2) is 35.5 Å². The fourth-order valence-electron chi connectivity index (χ4n) is 3.36. The highest BCUT2D eigenvalue weighted by atomic mass is 32.2. The minimum atomic E-state index is 0.135. The third kappa shape index (κ3) is 3.86. The van der Waals surface area contributed by atoms with E-state index in [2.05, 4.69) is 41.6 Å². The van der Waals surface area contributed by atoms with Gasteiger partial charge in [0.2, 0.25) is 0 Å². The molecule has 27 heavy (non-hydrogen) atoms. The first-order chi connectivity index (χ1) is 12.9. The average molecular weight is 383 g/mol. The fourth-order valence-corrected chi connectivity index (χ4v) is 4.15. The molecule has 2 aromatic heterocycles. The molecule has 0 bridgehead atoms. The lowest BCUT2D eigenvalue weighted by molar-refractivity contribution is 0.102. The Balaban J connectivity index is 1.76. The third-order valence-electron chi connectivity index (χ3n) is 4.87. The second-order valence-corrected chi connectivity index (χ2v) is 7.77. The molecule has 0 spiro atoms. The molecule has 142 valence electrons. The van der Waals surface area contributed by atoms with Crippen molar-refractivity contribution in [1.82, 2.24) is 19.3 Å². The van der Waals surface area contributed by atoms with Crippen LogP contribution in [0.5, 0.6) is 0 Å². The summed E-state index contributed by atoms with van der Waals surface area (Å²) in [5.74, 6) is 1.32. The Morgan fingerprint density at radius 1 is 1.15 bits per heavy atom. The van der Waals surface area contributed by atoms with Crippen LogP contribution in [-0.2, 0) is 13.6 Å². The number of nitrogens with zero attached hydrogens (tertiary/aromatic N) is 4. The molecule has 0 unspecified atom stereocenters. The Hall–Kier alpha value is -2.34. The molecule has 0 saturated carbocycles. The zero-order valence-corrected chi connectivity index (χ0v) is 17.4. The predicted molar refractivity (Wildman–Crippen MR) is 110 cm³/mol. The molecule has 3 rings (SSSR count). The van der Waals surface area contributed by atoms with Crippen molar-refractivity contribution < 1.29 is 4.79 Å². The summed E-state index contributed by atoms with van der Waals surface area (Å²) in [5, 5.41) is 9.38. The van der Waals surface area contributed by atoms with Gasteiger partial charge < -0.3 is 9.13 Å². The molecule has 5 nitrogen and oxygen atoms in total. The van der Waals surface area contributed by atoms with Gasteiger partial charge in [0.05, 0.1) is 5.75 Å². The number of carbonyl (C=O) groups is 1. The van der Waals surface area contributed by atoms with Crippen LogP contribution in [0.1, 0.15) is 40.7 Å². The number of carbonyl (C=O) groups excluding carboxylic acids is 1. The molecule has 0 aliphatic heterocycles. The van der Waals surface area contributed by atoms with Crippen LogP contribution in [0.3, 0.4) is 0 Å². The Morgan fingerprint density at radius 2 is 1.89 bits per heavy atom. The summed E-state index contributed by atoms with van der Waals surface area (Å²) in [5.41, 5.74) is 5.23. The van der Waals surface area contributed by atoms with Crippen molar-refractivity contribution in [3.63, 3.8) is 0 Å². The van der Waals surface area contributed by atoms with E-state index in [9.17, 15) is 4.79 Å². The number of hydrogen-bond acceptors (Lipinski definition) is 4. The minimum absolute atomic E-state index is 0.135. The molecule has 0 saturated heterocycles. The van der Waals surface area contributed by atoms with Crippen molar-refractivity contribution in [2.24, 2.45) is 7.05 Å². The minimum Gasteiger partial charge on any atom is -0.348 e. The molecular formula is C21H26N4OS. The first kappa shape index (κ1) is 19.4. The quantitative estimate of drug-likeness (QED) is 0.443. The molecule has 0 amide bonds. The number of aromatic nitrogens is 4. The zero-order valence-electron chi connectivity index (χ0n) is 16.6. The van der Waals surface area contributed by atoms with Gasteiger partial charge in [-0.3, -0.25) is 4.79 Å². The number of rotatable bonds is 7. The van der Waals surface area contributed by atoms with E-state index in [1.807, 2.05) is 42.8 Å². The van der Waals surface area contributed by atoms with Gasteiger partial charge in [-0.25, -0.2) is 0 Å². The van der Waals surface area contributed by atoms with E-state index in [4.69, 9.17) is 0 Å². The maximum absolute atomic E-state index is 12.8. The average Bonchev–Trinajstić information content (AvgIpc) is 3.15. The van der Waals surface area contributed by atoms with Crippen molar-refractivity contribution in [1.29, 1.82) is 0 Å². The van der Waals surface area contributed by atoms with Crippen molar-refractivity contribution in [2.45, 2.75) is 45.8 Å². The Labute approximate surface area is 164 Å². The van der Waals surface area contributed by atoms with Crippen LogP contribution in [0.25, 0.3) is 11.4 Å². The molecule has 0 radical (unpaired) electrons. The van der Waals surface area contributed by atoms with Crippen LogP contribution in [0.2, 0.25) is 0 Å². The van der Waals surface area contributed by atoms with Gasteiger partial charge in [-0.05, 0) is 38.8 Å². The van der Waals surface area contributed by atoms with Gasteiger partial charge >= 0.3 is 0 Å². The van der Waals surface area contributed by atoms with Crippen molar-refractivity contribution >= 4 is 17.5 Å². The summed E-state index contributed by atoms with van der Waals surface area (Å²) in [6.45, 7) is 9.24. The number of Topliss-reactive ketones (excluding diaryl/α,β-unsaturated/α-hetero) is 1. The molecule has 2 heterocycles.